The molecule has 2 aliphatic heterocycles. The van der Waals surface area contributed by atoms with Crippen LogP contribution in [0.15, 0.2) is 82.3 Å². The third-order valence-electron chi connectivity index (χ3n) is 8.63. The minimum absolute atomic E-state index is 0.0443. The maximum Gasteiger partial charge on any atom is 0.319 e. The number of piperazine rings is 1. The fourth-order valence-corrected chi connectivity index (χ4v) is 8.25. The quantitative estimate of drug-likeness (QED) is 0.241. The second-order valence-corrected chi connectivity index (χ2v) is 14.7. The van der Waals surface area contributed by atoms with Gasteiger partial charge in [0.25, 0.3) is 0 Å². The fraction of sp³-hybridized carbons (Fsp3) is 0.324. The molecule has 0 saturated carbocycles. The van der Waals surface area contributed by atoms with Crippen LogP contribution in [0.1, 0.15) is 29.2 Å². The SMILES string of the molecule is Cc1ccc(SC2(C(=O)N3CCN(C(=O)N(C)C)CC3)CC(=O)N(Cc3ccc(Br)cc3)C2c2c[nH]c3cc(Cl)ccc23)cc1. The van der Waals surface area contributed by atoms with Crippen molar-refractivity contribution < 1.29 is 14.4 Å². The van der Waals surface area contributed by atoms with E-state index in [4.69, 9.17) is 11.6 Å². The average Bonchev–Trinajstić information content (AvgIpc) is 3.55. The van der Waals surface area contributed by atoms with Crippen molar-refractivity contribution in [3.63, 3.8) is 0 Å². The summed E-state index contributed by atoms with van der Waals surface area (Å²) in [5, 5.41) is 1.52. The molecule has 2 fully saturated rings. The zero-order valence-corrected chi connectivity index (χ0v) is 28.6. The van der Waals surface area contributed by atoms with Gasteiger partial charge in [0, 0.05) is 83.9 Å². The number of nitrogens with one attached hydrogen (secondary N) is 1. The second kappa shape index (κ2) is 12.7. The van der Waals surface area contributed by atoms with Crippen molar-refractivity contribution in [1.29, 1.82) is 0 Å². The van der Waals surface area contributed by atoms with Crippen LogP contribution in [0.2, 0.25) is 5.02 Å². The fourth-order valence-electron chi connectivity index (χ4n) is 6.35. The van der Waals surface area contributed by atoms with E-state index in [9.17, 15) is 9.59 Å². The number of H-pyrrole nitrogens is 1. The molecule has 0 spiro atoms. The van der Waals surface area contributed by atoms with E-state index in [-0.39, 0.29) is 24.3 Å². The highest BCUT2D eigenvalue weighted by Crippen LogP contribution is 2.55. The zero-order chi connectivity index (χ0) is 31.9. The van der Waals surface area contributed by atoms with Gasteiger partial charge >= 0.3 is 6.03 Å². The molecule has 2 aliphatic rings. The number of likely N-dealkylation sites (tertiary alicyclic amines) is 1. The number of aromatic amines is 1. The summed E-state index contributed by atoms with van der Waals surface area (Å²) < 4.78 is -0.208. The predicted octanol–water partition coefficient (Wildman–Crippen LogP) is 6.72. The molecule has 8 nitrogen and oxygen atoms in total. The Morgan fingerprint density at radius 1 is 1.00 bits per heavy atom. The number of aryl methyl sites for hydroxylation is 1. The molecule has 0 bridgehead atoms. The summed E-state index contributed by atoms with van der Waals surface area (Å²) in [4.78, 5) is 53.3. The van der Waals surface area contributed by atoms with E-state index in [0.717, 1.165) is 37.0 Å². The van der Waals surface area contributed by atoms with E-state index < -0.39 is 10.8 Å². The molecule has 3 heterocycles. The second-order valence-electron chi connectivity index (χ2n) is 11.9. The molecular weight excluding hydrogens is 674 g/mol. The molecule has 1 N–H and O–H groups in total. The molecule has 2 saturated heterocycles. The lowest BCUT2D eigenvalue weighted by Crippen LogP contribution is -2.57. The zero-order valence-electron chi connectivity index (χ0n) is 25.4. The summed E-state index contributed by atoms with van der Waals surface area (Å²) in [7, 11) is 3.46. The highest BCUT2D eigenvalue weighted by molar-refractivity contribution is 9.10. The molecule has 0 radical (unpaired) electrons. The van der Waals surface area contributed by atoms with Gasteiger partial charge in [-0.2, -0.15) is 0 Å². The van der Waals surface area contributed by atoms with Gasteiger partial charge in [0.2, 0.25) is 11.8 Å². The van der Waals surface area contributed by atoms with Crippen LogP contribution in [0.5, 0.6) is 0 Å². The molecule has 2 unspecified atom stereocenters. The van der Waals surface area contributed by atoms with E-state index in [1.54, 1.807) is 23.9 Å². The lowest BCUT2D eigenvalue weighted by atomic mass is 9.90. The predicted molar refractivity (Wildman–Crippen MR) is 182 cm³/mol. The Kier molecular flexibility index (Phi) is 8.91. The number of nitrogens with zero attached hydrogens (tertiary/aromatic N) is 4. The standard InChI is InChI=1S/C34H35BrClN5O3S/c1-22-4-11-26(12-5-22)45-34(32(43)39-14-16-40(17-15-39)33(44)38(2)3)19-30(42)41(21-23-6-8-24(35)9-7-23)31(34)28-20-37-29-18-25(36)10-13-27(28)29/h4-13,18,20,31,37H,14-17,19,21H2,1-3H3. The Morgan fingerprint density at radius 3 is 2.33 bits per heavy atom. The van der Waals surface area contributed by atoms with Crippen molar-refractivity contribution in [2.24, 2.45) is 0 Å². The van der Waals surface area contributed by atoms with Crippen LogP contribution in [-0.2, 0) is 16.1 Å². The van der Waals surface area contributed by atoms with Crippen LogP contribution in [-0.4, -0.2) is 87.5 Å². The first-order valence-electron chi connectivity index (χ1n) is 14.9. The van der Waals surface area contributed by atoms with Gasteiger partial charge in [0.15, 0.2) is 0 Å². The van der Waals surface area contributed by atoms with Gasteiger partial charge in [0.05, 0.1) is 12.5 Å². The highest BCUT2D eigenvalue weighted by atomic mass is 79.9. The molecule has 1 aromatic heterocycles. The maximum atomic E-state index is 15.1. The molecule has 45 heavy (non-hydrogen) atoms. The Morgan fingerprint density at radius 2 is 1.67 bits per heavy atom. The van der Waals surface area contributed by atoms with Crippen LogP contribution in [0.25, 0.3) is 10.9 Å². The minimum Gasteiger partial charge on any atom is -0.361 e. The van der Waals surface area contributed by atoms with Crippen molar-refractivity contribution in [2.75, 3.05) is 40.3 Å². The van der Waals surface area contributed by atoms with Crippen molar-refractivity contribution in [2.45, 2.75) is 35.6 Å². The van der Waals surface area contributed by atoms with Crippen LogP contribution >= 0.6 is 39.3 Å². The van der Waals surface area contributed by atoms with Crippen molar-refractivity contribution >= 4 is 68.0 Å². The van der Waals surface area contributed by atoms with Gasteiger partial charge in [0.1, 0.15) is 4.75 Å². The Bertz CT molecular complexity index is 1740. The number of carbonyl (C=O) groups is 3. The van der Waals surface area contributed by atoms with Gasteiger partial charge in [-0.25, -0.2) is 4.79 Å². The summed E-state index contributed by atoms with van der Waals surface area (Å²) in [6, 6.07) is 21.1. The van der Waals surface area contributed by atoms with E-state index in [2.05, 4.69) is 20.9 Å². The van der Waals surface area contributed by atoms with Gasteiger partial charge in [-0.1, -0.05) is 63.4 Å². The molecule has 4 amide bonds. The molecule has 6 rings (SSSR count). The van der Waals surface area contributed by atoms with Crippen LogP contribution in [0.3, 0.4) is 0 Å². The summed E-state index contributed by atoms with van der Waals surface area (Å²) >= 11 is 11.3. The number of halogens is 2. The van der Waals surface area contributed by atoms with Crippen LogP contribution < -0.4 is 0 Å². The molecule has 4 aromatic rings. The molecule has 2 atom stereocenters. The largest absolute Gasteiger partial charge is 0.361 e. The number of hydrogen-bond acceptors (Lipinski definition) is 4. The van der Waals surface area contributed by atoms with Gasteiger partial charge in [-0.15, -0.1) is 11.8 Å². The lowest BCUT2D eigenvalue weighted by molar-refractivity contribution is -0.136. The summed E-state index contributed by atoms with van der Waals surface area (Å²) in [5.41, 5.74) is 3.81. The van der Waals surface area contributed by atoms with Crippen molar-refractivity contribution in [3.8, 4) is 0 Å². The minimum atomic E-state index is -1.16. The van der Waals surface area contributed by atoms with E-state index in [1.165, 1.54) is 11.8 Å². The van der Waals surface area contributed by atoms with Crippen LogP contribution in [0.4, 0.5) is 4.79 Å². The Hall–Kier alpha value is -3.47. The topological polar surface area (TPSA) is 80.0 Å². The number of hydrogen-bond donors (Lipinski definition) is 1. The highest BCUT2D eigenvalue weighted by Gasteiger charge is 2.60. The summed E-state index contributed by atoms with van der Waals surface area (Å²) in [6.45, 7) is 4.04. The first-order valence-corrected chi connectivity index (χ1v) is 16.9. The number of thioether (sulfide) groups is 1. The number of carbonyl (C=O) groups excluding carboxylic acids is 3. The molecular formula is C34H35BrClN5O3S. The average molecular weight is 709 g/mol. The first kappa shape index (κ1) is 31.5. The molecule has 11 heteroatoms. The number of fused-ring (bicyclic) bond motifs is 1. The van der Waals surface area contributed by atoms with E-state index in [0.29, 0.717) is 37.7 Å². The van der Waals surface area contributed by atoms with Crippen molar-refractivity contribution in [3.05, 3.63) is 99.1 Å². The third-order valence-corrected chi connectivity index (χ3v) is 10.8. The van der Waals surface area contributed by atoms with Gasteiger partial charge < -0.3 is 24.6 Å². The molecule has 0 aliphatic carbocycles. The molecule has 234 valence electrons. The van der Waals surface area contributed by atoms with Gasteiger partial charge in [-0.05, 0) is 48.9 Å². The van der Waals surface area contributed by atoms with Gasteiger partial charge in [-0.3, -0.25) is 9.59 Å². The monoisotopic (exact) mass is 707 g/mol. The third kappa shape index (κ3) is 6.20. The number of benzene rings is 3. The normalized spacial score (nSPS) is 20.2. The summed E-state index contributed by atoms with van der Waals surface area (Å²) in [5.74, 6) is -0.175. The Balaban J connectivity index is 1.47. The van der Waals surface area contributed by atoms with Crippen molar-refractivity contribution in [1.82, 2.24) is 24.6 Å². The first-order chi connectivity index (χ1) is 21.6. The smallest absolute Gasteiger partial charge is 0.319 e. The van der Waals surface area contributed by atoms with E-state index >= 15 is 4.79 Å². The Labute approximate surface area is 280 Å². The number of amides is 4. The molecule has 3 aromatic carbocycles. The number of rotatable bonds is 6. The van der Waals surface area contributed by atoms with Crippen LogP contribution in [0, 0.1) is 6.92 Å². The number of urea groups is 1. The van der Waals surface area contributed by atoms with E-state index in [1.807, 2.05) is 89.7 Å². The summed E-state index contributed by atoms with van der Waals surface area (Å²) in [6.07, 6.45) is 1.97. The lowest BCUT2D eigenvalue weighted by Gasteiger charge is -2.42. The number of aromatic nitrogens is 1. The maximum absolute atomic E-state index is 15.1.